The predicted molar refractivity (Wildman–Crippen MR) is 58.7 cm³/mol. The number of aliphatic carboxylic acids is 1. The molecule has 1 heterocycles. The minimum absolute atomic E-state index is 0.00782. The van der Waals surface area contributed by atoms with Gasteiger partial charge in [-0.05, 0) is 12.8 Å². The second-order valence-electron chi connectivity index (χ2n) is 4.33. The molecule has 1 aliphatic carbocycles. The Labute approximate surface area is 94.2 Å². The van der Waals surface area contributed by atoms with Crippen LogP contribution in [0.1, 0.15) is 37.3 Å². The minimum Gasteiger partial charge on any atom is -0.481 e. The lowest BCUT2D eigenvalue weighted by molar-refractivity contribution is -0.144. The molecular weight excluding hydrogens is 206 g/mol. The van der Waals surface area contributed by atoms with Crippen LogP contribution in [-0.4, -0.2) is 20.9 Å². The summed E-state index contributed by atoms with van der Waals surface area (Å²) in [5, 5.41) is 13.4. The standard InChI is InChI=1S/C11H17N3O2/c12-5-8-6-13-14(7-8)10-4-2-1-3-9(10)11(15)16/h6-7,9-10H,1-5,12H2,(H,15,16). The van der Waals surface area contributed by atoms with E-state index in [1.807, 2.05) is 6.20 Å². The summed E-state index contributed by atoms with van der Waals surface area (Å²) in [6, 6.07) is -0.00782. The van der Waals surface area contributed by atoms with Crippen molar-refractivity contribution in [2.24, 2.45) is 11.7 Å². The lowest BCUT2D eigenvalue weighted by Gasteiger charge is -2.28. The Morgan fingerprint density at radius 2 is 2.31 bits per heavy atom. The number of hydrogen-bond donors (Lipinski definition) is 2. The first kappa shape index (κ1) is 11.1. The molecule has 3 N–H and O–H groups in total. The third-order valence-corrected chi connectivity index (χ3v) is 3.28. The summed E-state index contributed by atoms with van der Waals surface area (Å²) >= 11 is 0. The van der Waals surface area contributed by atoms with Crippen molar-refractivity contribution >= 4 is 5.97 Å². The number of carbonyl (C=O) groups is 1. The van der Waals surface area contributed by atoms with Crippen LogP contribution in [0.25, 0.3) is 0 Å². The lowest BCUT2D eigenvalue weighted by atomic mass is 9.84. The Morgan fingerprint density at radius 1 is 1.56 bits per heavy atom. The number of nitrogens with two attached hydrogens (primary N) is 1. The van der Waals surface area contributed by atoms with Crippen molar-refractivity contribution in [3.63, 3.8) is 0 Å². The van der Waals surface area contributed by atoms with E-state index in [1.54, 1.807) is 10.9 Å². The van der Waals surface area contributed by atoms with E-state index in [0.29, 0.717) is 6.54 Å². The summed E-state index contributed by atoms with van der Waals surface area (Å²) in [5.74, 6) is -1.02. The molecule has 1 aliphatic rings. The van der Waals surface area contributed by atoms with Crippen molar-refractivity contribution in [2.75, 3.05) is 0 Å². The maximum Gasteiger partial charge on any atom is 0.308 e. The van der Waals surface area contributed by atoms with Crippen molar-refractivity contribution in [2.45, 2.75) is 38.3 Å². The van der Waals surface area contributed by atoms with Gasteiger partial charge in [-0.1, -0.05) is 12.8 Å². The number of carboxylic acid groups (broad SMARTS) is 1. The molecule has 1 aromatic rings. The number of rotatable bonds is 3. The van der Waals surface area contributed by atoms with Crippen molar-refractivity contribution in [1.29, 1.82) is 0 Å². The van der Waals surface area contributed by atoms with Gasteiger partial charge in [-0.25, -0.2) is 0 Å². The summed E-state index contributed by atoms with van der Waals surface area (Å²) in [7, 11) is 0. The molecule has 88 valence electrons. The topological polar surface area (TPSA) is 81.1 Å². The largest absolute Gasteiger partial charge is 0.481 e. The van der Waals surface area contributed by atoms with Crippen molar-refractivity contribution in [3.8, 4) is 0 Å². The van der Waals surface area contributed by atoms with Gasteiger partial charge in [-0.15, -0.1) is 0 Å². The Kier molecular flexibility index (Phi) is 3.24. The predicted octanol–water partition coefficient (Wildman–Crippen LogP) is 1.16. The molecule has 1 saturated carbocycles. The molecule has 0 saturated heterocycles. The van der Waals surface area contributed by atoms with Crippen LogP contribution in [-0.2, 0) is 11.3 Å². The molecule has 1 fully saturated rings. The first-order chi connectivity index (χ1) is 7.72. The quantitative estimate of drug-likeness (QED) is 0.805. The van der Waals surface area contributed by atoms with Gasteiger partial charge < -0.3 is 10.8 Å². The lowest BCUT2D eigenvalue weighted by Crippen LogP contribution is -2.29. The Balaban J connectivity index is 2.19. The van der Waals surface area contributed by atoms with Crippen LogP contribution < -0.4 is 5.73 Å². The van der Waals surface area contributed by atoms with Gasteiger partial charge >= 0.3 is 5.97 Å². The fraction of sp³-hybridized carbons (Fsp3) is 0.636. The molecule has 5 heteroatoms. The third-order valence-electron chi connectivity index (χ3n) is 3.28. The number of nitrogens with zero attached hydrogens (tertiary/aromatic N) is 2. The fourth-order valence-corrected chi connectivity index (χ4v) is 2.38. The van der Waals surface area contributed by atoms with Crippen LogP contribution in [0.2, 0.25) is 0 Å². The van der Waals surface area contributed by atoms with Crippen LogP contribution >= 0.6 is 0 Å². The van der Waals surface area contributed by atoms with Crippen molar-refractivity contribution in [3.05, 3.63) is 18.0 Å². The highest BCUT2D eigenvalue weighted by molar-refractivity contribution is 5.70. The number of aromatic nitrogens is 2. The molecule has 1 aromatic heterocycles. The highest BCUT2D eigenvalue weighted by Crippen LogP contribution is 2.33. The van der Waals surface area contributed by atoms with Gasteiger partial charge in [0, 0.05) is 18.3 Å². The van der Waals surface area contributed by atoms with Crippen LogP contribution in [0.15, 0.2) is 12.4 Å². The smallest absolute Gasteiger partial charge is 0.308 e. The highest BCUT2D eigenvalue weighted by atomic mass is 16.4. The minimum atomic E-state index is -0.713. The molecule has 0 aliphatic heterocycles. The van der Waals surface area contributed by atoms with Gasteiger partial charge in [0.1, 0.15) is 0 Å². The summed E-state index contributed by atoms with van der Waals surface area (Å²) in [6.07, 6.45) is 7.30. The molecule has 0 spiro atoms. The second-order valence-corrected chi connectivity index (χ2v) is 4.33. The third kappa shape index (κ3) is 2.09. The fourth-order valence-electron chi connectivity index (χ4n) is 2.38. The molecule has 16 heavy (non-hydrogen) atoms. The van der Waals surface area contributed by atoms with E-state index in [0.717, 1.165) is 31.2 Å². The summed E-state index contributed by atoms with van der Waals surface area (Å²) in [6.45, 7) is 0.449. The average Bonchev–Trinajstić information content (AvgIpc) is 2.77. The Hall–Kier alpha value is -1.36. The van der Waals surface area contributed by atoms with Gasteiger partial charge in [0.2, 0.25) is 0 Å². The highest BCUT2D eigenvalue weighted by Gasteiger charge is 2.32. The van der Waals surface area contributed by atoms with E-state index in [2.05, 4.69) is 5.10 Å². The average molecular weight is 223 g/mol. The molecule has 2 atom stereocenters. The SMILES string of the molecule is NCc1cnn(C2CCCCC2C(=O)O)c1. The van der Waals surface area contributed by atoms with Crippen LogP contribution in [0.3, 0.4) is 0 Å². The normalized spacial score (nSPS) is 25.6. The van der Waals surface area contributed by atoms with E-state index in [4.69, 9.17) is 10.8 Å². The van der Waals surface area contributed by atoms with E-state index in [9.17, 15) is 4.79 Å². The first-order valence-corrected chi connectivity index (χ1v) is 5.68. The molecular formula is C11H17N3O2. The number of carboxylic acids is 1. The molecule has 0 amide bonds. The van der Waals surface area contributed by atoms with Gasteiger partial charge in [0.25, 0.3) is 0 Å². The molecule has 0 radical (unpaired) electrons. The molecule has 2 rings (SSSR count). The van der Waals surface area contributed by atoms with Crippen LogP contribution in [0.5, 0.6) is 0 Å². The molecule has 0 aromatic carbocycles. The molecule has 5 nitrogen and oxygen atoms in total. The van der Waals surface area contributed by atoms with Gasteiger partial charge in [0.15, 0.2) is 0 Å². The summed E-state index contributed by atoms with van der Waals surface area (Å²) in [5.41, 5.74) is 6.47. The van der Waals surface area contributed by atoms with Crippen molar-refractivity contribution in [1.82, 2.24) is 9.78 Å². The van der Waals surface area contributed by atoms with E-state index in [1.165, 1.54) is 0 Å². The summed E-state index contributed by atoms with van der Waals surface area (Å²) in [4.78, 5) is 11.1. The maximum absolute atomic E-state index is 11.1. The molecule has 0 bridgehead atoms. The summed E-state index contributed by atoms with van der Waals surface area (Å²) < 4.78 is 1.78. The van der Waals surface area contributed by atoms with E-state index in [-0.39, 0.29) is 12.0 Å². The Bertz CT molecular complexity index is 375. The van der Waals surface area contributed by atoms with Crippen LogP contribution in [0.4, 0.5) is 0 Å². The van der Waals surface area contributed by atoms with Crippen LogP contribution in [0, 0.1) is 5.92 Å². The van der Waals surface area contributed by atoms with E-state index >= 15 is 0 Å². The zero-order chi connectivity index (χ0) is 11.5. The zero-order valence-corrected chi connectivity index (χ0v) is 9.17. The monoisotopic (exact) mass is 223 g/mol. The van der Waals surface area contributed by atoms with Gasteiger partial charge in [0.05, 0.1) is 18.2 Å². The van der Waals surface area contributed by atoms with Gasteiger partial charge in [-0.2, -0.15) is 5.10 Å². The first-order valence-electron chi connectivity index (χ1n) is 5.68. The number of hydrogen-bond acceptors (Lipinski definition) is 3. The van der Waals surface area contributed by atoms with Gasteiger partial charge in [-0.3, -0.25) is 9.48 Å². The van der Waals surface area contributed by atoms with Crippen molar-refractivity contribution < 1.29 is 9.90 Å². The Morgan fingerprint density at radius 3 is 2.94 bits per heavy atom. The van der Waals surface area contributed by atoms with E-state index < -0.39 is 5.97 Å². The molecule has 2 unspecified atom stereocenters. The second kappa shape index (κ2) is 4.65. The maximum atomic E-state index is 11.1. The zero-order valence-electron chi connectivity index (χ0n) is 9.17.